The highest BCUT2D eigenvalue weighted by Gasteiger charge is 2.16. The van der Waals surface area contributed by atoms with Crippen molar-refractivity contribution in [2.75, 3.05) is 18.5 Å². The molecule has 0 saturated heterocycles. The topological polar surface area (TPSA) is 29.0 Å². The van der Waals surface area contributed by atoms with Crippen LogP contribution in [0.5, 0.6) is 0 Å². The molecular weight excluding hydrogens is 234 g/mol. The van der Waals surface area contributed by atoms with Crippen molar-refractivity contribution < 1.29 is 0 Å². The van der Waals surface area contributed by atoms with Crippen LogP contribution in [0.1, 0.15) is 46.4 Å². The first-order valence-corrected chi connectivity index (χ1v) is 6.32. The lowest BCUT2D eigenvalue weighted by atomic mass is 9.96. The summed E-state index contributed by atoms with van der Waals surface area (Å²) in [5.74, 6) is 1.98. The molecule has 1 aromatic rings. The van der Waals surface area contributed by atoms with Gasteiger partial charge in [0.1, 0.15) is 16.8 Å². The predicted octanol–water partition coefficient (Wildman–Crippen LogP) is 3.74. The lowest BCUT2D eigenvalue weighted by Gasteiger charge is -2.27. The number of anilines is 1. The summed E-state index contributed by atoms with van der Waals surface area (Å²) in [5.41, 5.74) is 0.226. The third-order valence-electron chi connectivity index (χ3n) is 2.32. The second kappa shape index (κ2) is 5.21. The van der Waals surface area contributed by atoms with Crippen LogP contribution < -0.4 is 4.90 Å². The van der Waals surface area contributed by atoms with E-state index in [9.17, 15) is 0 Å². The van der Waals surface area contributed by atoms with Crippen LogP contribution in [0.15, 0.2) is 6.07 Å². The number of halogens is 1. The van der Waals surface area contributed by atoms with Crippen molar-refractivity contribution in [1.82, 2.24) is 9.97 Å². The minimum Gasteiger partial charge on any atom is -0.359 e. The highest BCUT2D eigenvalue weighted by Crippen LogP contribution is 2.22. The average molecular weight is 256 g/mol. The standard InChI is InChI=1S/C13H22ClN3/c1-9(2)12-15-10(14)7-11(16-12)17(6)8-13(3,4)5/h7,9H,8H2,1-6H3. The smallest absolute Gasteiger partial charge is 0.135 e. The summed E-state index contributed by atoms with van der Waals surface area (Å²) in [6, 6.07) is 1.82. The minimum atomic E-state index is 0.226. The van der Waals surface area contributed by atoms with Crippen molar-refractivity contribution in [3.8, 4) is 0 Å². The van der Waals surface area contributed by atoms with Gasteiger partial charge in [-0.05, 0) is 5.41 Å². The van der Waals surface area contributed by atoms with Gasteiger partial charge in [0.15, 0.2) is 0 Å². The molecule has 0 aliphatic rings. The molecule has 0 spiro atoms. The summed E-state index contributed by atoms with van der Waals surface area (Å²) in [7, 11) is 2.04. The average Bonchev–Trinajstić information content (AvgIpc) is 2.13. The van der Waals surface area contributed by atoms with Crippen molar-refractivity contribution in [2.24, 2.45) is 5.41 Å². The van der Waals surface area contributed by atoms with Crippen LogP contribution in [-0.2, 0) is 0 Å². The monoisotopic (exact) mass is 255 g/mol. The van der Waals surface area contributed by atoms with Crippen molar-refractivity contribution in [2.45, 2.75) is 40.5 Å². The molecule has 0 aromatic carbocycles. The first kappa shape index (κ1) is 14.2. The van der Waals surface area contributed by atoms with Gasteiger partial charge in [-0.2, -0.15) is 0 Å². The molecule has 1 rings (SSSR count). The van der Waals surface area contributed by atoms with Crippen molar-refractivity contribution >= 4 is 17.4 Å². The van der Waals surface area contributed by atoms with Crippen LogP contribution in [0.2, 0.25) is 5.15 Å². The second-order valence-electron chi connectivity index (χ2n) is 5.98. The number of aromatic nitrogens is 2. The highest BCUT2D eigenvalue weighted by atomic mass is 35.5. The summed E-state index contributed by atoms with van der Waals surface area (Å²) in [4.78, 5) is 10.9. The summed E-state index contributed by atoms with van der Waals surface area (Å²) in [6.45, 7) is 11.7. The lowest BCUT2D eigenvalue weighted by molar-refractivity contribution is 0.417. The molecule has 0 bridgehead atoms. The molecule has 0 N–H and O–H groups in total. The quantitative estimate of drug-likeness (QED) is 0.771. The van der Waals surface area contributed by atoms with E-state index in [2.05, 4.69) is 49.5 Å². The van der Waals surface area contributed by atoms with Gasteiger partial charge in [-0.3, -0.25) is 0 Å². The van der Waals surface area contributed by atoms with Gasteiger partial charge in [-0.25, -0.2) is 9.97 Å². The van der Waals surface area contributed by atoms with Crippen LogP contribution in [0, 0.1) is 5.41 Å². The molecule has 1 aromatic heterocycles. The van der Waals surface area contributed by atoms with Crippen LogP contribution in [0.4, 0.5) is 5.82 Å². The summed E-state index contributed by atoms with van der Waals surface area (Å²) in [6.07, 6.45) is 0. The van der Waals surface area contributed by atoms with E-state index in [1.807, 2.05) is 13.1 Å². The Kier molecular flexibility index (Phi) is 4.36. The fourth-order valence-electron chi connectivity index (χ4n) is 1.67. The number of rotatable bonds is 3. The van der Waals surface area contributed by atoms with E-state index in [0.717, 1.165) is 18.2 Å². The molecule has 17 heavy (non-hydrogen) atoms. The minimum absolute atomic E-state index is 0.226. The van der Waals surface area contributed by atoms with Gasteiger partial charge in [0.05, 0.1) is 0 Å². The highest BCUT2D eigenvalue weighted by molar-refractivity contribution is 6.29. The molecular formula is C13H22ClN3. The maximum Gasteiger partial charge on any atom is 0.135 e. The number of hydrogen-bond acceptors (Lipinski definition) is 3. The number of hydrogen-bond donors (Lipinski definition) is 0. The Bertz CT molecular complexity index is 383. The van der Waals surface area contributed by atoms with Gasteiger partial charge < -0.3 is 4.90 Å². The molecule has 96 valence electrons. The molecule has 3 nitrogen and oxygen atoms in total. The largest absolute Gasteiger partial charge is 0.359 e. The number of nitrogens with zero attached hydrogens (tertiary/aromatic N) is 3. The van der Waals surface area contributed by atoms with E-state index in [1.54, 1.807) is 0 Å². The van der Waals surface area contributed by atoms with Gasteiger partial charge in [0.25, 0.3) is 0 Å². The Hall–Kier alpha value is -0.830. The third-order valence-corrected chi connectivity index (χ3v) is 2.51. The first-order chi connectivity index (χ1) is 7.69. The predicted molar refractivity (Wildman–Crippen MR) is 73.9 cm³/mol. The Morgan fingerprint density at radius 1 is 1.29 bits per heavy atom. The SMILES string of the molecule is CC(C)c1nc(Cl)cc(N(C)CC(C)(C)C)n1. The maximum absolute atomic E-state index is 6.03. The molecule has 0 saturated carbocycles. The van der Waals surface area contributed by atoms with Crippen LogP contribution >= 0.6 is 11.6 Å². The fourth-order valence-corrected chi connectivity index (χ4v) is 1.85. The van der Waals surface area contributed by atoms with Gasteiger partial charge in [0.2, 0.25) is 0 Å². The third kappa shape index (κ3) is 4.50. The van der Waals surface area contributed by atoms with E-state index >= 15 is 0 Å². The molecule has 0 unspecified atom stereocenters. The zero-order valence-corrected chi connectivity index (χ0v) is 12.3. The molecule has 0 aliphatic heterocycles. The van der Waals surface area contributed by atoms with Gasteiger partial charge >= 0.3 is 0 Å². The zero-order chi connectivity index (χ0) is 13.2. The summed E-state index contributed by atoms with van der Waals surface area (Å²) in [5, 5.41) is 0.513. The molecule has 1 heterocycles. The second-order valence-corrected chi connectivity index (χ2v) is 6.37. The van der Waals surface area contributed by atoms with Crippen molar-refractivity contribution in [3.63, 3.8) is 0 Å². The Balaban J connectivity index is 2.97. The van der Waals surface area contributed by atoms with Gasteiger partial charge in [0, 0.05) is 25.6 Å². The van der Waals surface area contributed by atoms with E-state index in [1.165, 1.54) is 0 Å². The Labute approximate surface area is 109 Å². The molecule has 0 radical (unpaired) electrons. The van der Waals surface area contributed by atoms with Crippen molar-refractivity contribution in [1.29, 1.82) is 0 Å². The summed E-state index contributed by atoms with van der Waals surface area (Å²) >= 11 is 6.03. The normalized spacial score (nSPS) is 12.0. The van der Waals surface area contributed by atoms with Crippen LogP contribution in [0.25, 0.3) is 0 Å². The van der Waals surface area contributed by atoms with Gasteiger partial charge in [-0.1, -0.05) is 46.2 Å². The maximum atomic E-state index is 6.03. The molecule has 0 aliphatic carbocycles. The van der Waals surface area contributed by atoms with Gasteiger partial charge in [-0.15, -0.1) is 0 Å². The van der Waals surface area contributed by atoms with E-state index < -0.39 is 0 Å². The van der Waals surface area contributed by atoms with Crippen LogP contribution in [-0.4, -0.2) is 23.6 Å². The fraction of sp³-hybridized carbons (Fsp3) is 0.692. The molecule has 0 amide bonds. The molecule has 0 fully saturated rings. The first-order valence-electron chi connectivity index (χ1n) is 5.94. The van der Waals surface area contributed by atoms with E-state index in [4.69, 9.17) is 11.6 Å². The lowest BCUT2D eigenvalue weighted by Crippen LogP contribution is -2.30. The van der Waals surface area contributed by atoms with E-state index in [0.29, 0.717) is 5.15 Å². The Morgan fingerprint density at radius 2 is 1.88 bits per heavy atom. The zero-order valence-electron chi connectivity index (χ0n) is 11.6. The Morgan fingerprint density at radius 3 is 2.35 bits per heavy atom. The van der Waals surface area contributed by atoms with Crippen LogP contribution in [0.3, 0.4) is 0 Å². The summed E-state index contributed by atoms with van der Waals surface area (Å²) < 4.78 is 0. The van der Waals surface area contributed by atoms with Crippen molar-refractivity contribution in [3.05, 3.63) is 17.0 Å². The van der Waals surface area contributed by atoms with E-state index in [-0.39, 0.29) is 11.3 Å². The molecule has 4 heteroatoms. The molecule has 0 atom stereocenters.